The lowest BCUT2D eigenvalue weighted by Gasteiger charge is -2.38. The minimum atomic E-state index is -1.03. The number of esters is 2. The van der Waals surface area contributed by atoms with Gasteiger partial charge in [0.2, 0.25) is 0 Å². The van der Waals surface area contributed by atoms with Gasteiger partial charge in [-0.1, -0.05) is 26.0 Å². The highest BCUT2D eigenvalue weighted by Gasteiger charge is 2.47. The first-order chi connectivity index (χ1) is 15.6. The van der Waals surface area contributed by atoms with Gasteiger partial charge >= 0.3 is 11.9 Å². The fraction of sp³-hybridized carbons (Fsp3) is 0.458. The van der Waals surface area contributed by atoms with Crippen molar-refractivity contribution in [1.29, 1.82) is 0 Å². The molecule has 1 heterocycles. The predicted molar refractivity (Wildman–Crippen MR) is 119 cm³/mol. The Labute approximate surface area is 192 Å². The first-order valence-electron chi connectivity index (χ1n) is 10.9. The third kappa shape index (κ3) is 4.53. The Hall–Kier alpha value is -3.49. The molecule has 176 valence electrons. The molecule has 1 aliphatic carbocycles. The predicted octanol–water partition coefficient (Wildman–Crippen LogP) is 3.55. The quantitative estimate of drug-likeness (QED) is 0.298. The van der Waals surface area contributed by atoms with Crippen molar-refractivity contribution in [3.63, 3.8) is 0 Å². The summed E-state index contributed by atoms with van der Waals surface area (Å²) in [5, 5.41) is 14.6. The molecule has 1 aliphatic heterocycles. The van der Waals surface area contributed by atoms with Crippen LogP contribution < -0.4 is 5.32 Å². The molecule has 4 atom stereocenters. The van der Waals surface area contributed by atoms with Crippen LogP contribution in [0.3, 0.4) is 0 Å². The summed E-state index contributed by atoms with van der Waals surface area (Å²) in [5.74, 6) is -3.97. The van der Waals surface area contributed by atoms with Gasteiger partial charge in [-0.05, 0) is 38.2 Å². The van der Waals surface area contributed by atoms with Crippen molar-refractivity contribution < 1.29 is 28.8 Å². The fourth-order valence-corrected chi connectivity index (χ4v) is 4.43. The van der Waals surface area contributed by atoms with Crippen LogP contribution in [0.5, 0.6) is 0 Å². The summed E-state index contributed by atoms with van der Waals surface area (Å²) in [6.45, 7) is 7.14. The summed E-state index contributed by atoms with van der Waals surface area (Å²) in [5.41, 5.74) is 1.78. The molecular formula is C24H28N2O7. The lowest BCUT2D eigenvalue weighted by atomic mass is 9.69. The van der Waals surface area contributed by atoms with E-state index in [4.69, 9.17) is 9.47 Å². The molecule has 1 aromatic rings. The number of hydrogen-bond donors (Lipinski definition) is 1. The largest absolute Gasteiger partial charge is 0.468 e. The van der Waals surface area contributed by atoms with Gasteiger partial charge in [0.1, 0.15) is 5.92 Å². The number of nitrogens with zero attached hydrogens (tertiary/aromatic N) is 1. The molecule has 1 N–H and O–H groups in total. The van der Waals surface area contributed by atoms with Crippen molar-refractivity contribution in [3.05, 3.63) is 62.5 Å². The lowest BCUT2D eigenvalue weighted by molar-refractivity contribution is -0.384. The molecule has 33 heavy (non-hydrogen) atoms. The smallest absolute Gasteiger partial charge is 0.337 e. The zero-order valence-corrected chi connectivity index (χ0v) is 19.3. The summed E-state index contributed by atoms with van der Waals surface area (Å²) in [6.07, 6.45) is 0.628. The number of ketones is 1. The molecule has 0 spiro atoms. The average Bonchev–Trinajstić information content (AvgIpc) is 2.77. The molecule has 9 heteroatoms. The highest BCUT2D eigenvalue weighted by atomic mass is 16.6. The second kappa shape index (κ2) is 9.56. The van der Waals surface area contributed by atoms with E-state index < -0.39 is 34.5 Å². The van der Waals surface area contributed by atoms with E-state index in [1.54, 1.807) is 26.8 Å². The monoisotopic (exact) mass is 456 g/mol. The highest BCUT2D eigenvalue weighted by Crippen LogP contribution is 2.46. The number of Topliss-reactive ketones (excluding diaryl/α,β-unsaturated/α-hetero) is 1. The number of hydrogen-bond acceptors (Lipinski definition) is 8. The fourth-order valence-electron chi connectivity index (χ4n) is 4.43. The number of carbonyl (C=O) groups is 3. The number of non-ortho nitro benzene ring substituents is 1. The minimum Gasteiger partial charge on any atom is -0.468 e. The number of allylic oxidation sites excluding steroid dienone is 3. The molecule has 0 saturated carbocycles. The topological polar surface area (TPSA) is 125 Å². The van der Waals surface area contributed by atoms with Crippen LogP contribution in [0, 0.1) is 22.0 Å². The van der Waals surface area contributed by atoms with Crippen molar-refractivity contribution in [1.82, 2.24) is 5.32 Å². The van der Waals surface area contributed by atoms with Gasteiger partial charge in [-0.25, -0.2) is 4.79 Å². The molecule has 0 fully saturated rings. The highest BCUT2D eigenvalue weighted by molar-refractivity contribution is 6.12. The summed E-state index contributed by atoms with van der Waals surface area (Å²) in [6, 6.07) is 5.84. The Morgan fingerprint density at radius 2 is 2.03 bits per heavy atom. The SMILES string of the molecule is CC[C@H](C)OC(=O)C1=C(C)NC2=C(C(=O)[C@H](C(=O)OC)[C@@H](C)C2)[C@H]1c1cccc([N+](=O)[O-])c1. The van der Waals surface area contributed by atoms with Crippen molar-refractivity contribution in [2.24, 2.45) is 11.8 Å². The van der Waals surface area contributed by atoms with Crippen LogP contribution in [-0.4, -0.2) is 35.9 Å². The van der Waals surface area contributed by atoms with Crippen molar-refractivity contribution in [2.45, 2.75) is 52.6 Å². The van der Waals surface area contributed by atoms with Crippen LogP contribution in [-0.2, 0) is 23.9 Å². The average molecular weight is 456 g/mol. The number of methoxy groups -OCH3 is 1. The maximum Gasteiger partial charge on any atom is 0.337 e. The van der Waals surface area contributed by atoms with E-state index in [1.165, 1.54) is 25.3 Å². The van der Waals surface area contributed by atoms with Crippen LogP contribution in [0.4, 0.5) is 5.69 Å². The Balaban J connectivity index is 2.20. The van der Waals surface area contributed by atoms with E-state index in [2.05, 4.69) is 5.32 Å². The van der Waals surface area contributed by atoms with E-state index in [-0.39, 0.29) is 28.9 Å². The van der Waals surface area contributed by atoms with Gasteiger partial charge < -0.3 is 14.8 Å². The summed E-state index contributed by atoms with van der Waals surface area (Å²) >= 11 is 0. The molecule has 0 aromatic heterocycles. The van der Waals surface area contributed by atoms with Gasteiger partial charge in [0, 0.05) is 35.0 Å². The van der Waals surface area contributed by atoms with Gasteiger partial charge in [0.25, 0.3) is 5.69 Å². The van der Waals surface area contributed by atoms with E-state index in [9.17, 15) is 24.5 Å². The molecule has 0 amide bonds. The van der Waals surface area contributed by atoms with Gasteiger partial charge in [-0.15, -0.1) is 0 Å². The van der Waals surface area contributed by atoms with Crippen molar-refractivity contribution in [2.75, 3.05) is 7.11 Å². The molecule has 2 aliphatic rings. The maximum absolute atomic E-state index is 13.6. The zero-order valence-electron chi connectivity index (χ0n) is 19.3. The van der Waals surface area contributed by atoms with Crippen LogP contribution in [0.15, 0.2) is 46.8 Å². The molecule has 0 bridgehead atoms. The van der Waals surface area contributed by atoms with Gasteiger partial charge in [-0.2, -0.15) is 0 Å². The third-order valence-corrected chi connectivity index (χ3v) is 6.26. The molecule has 0 unspecified atom stereocenters. The number of dihydropyridines is 1. The van der Waals surface area contributed by atoms with E-state index in [0.717, 1.165) is 0 Å². The number of benzene rings is 1. The number of ether oxygens (including phenoxy) is 2. The zero-order chi connectivity index (χ0) is 24.4. The molecule has 3 rings (SSSR count). The number of nitrogens with one attached hydrogen (secondary N) is 1. The molecule has 0 radical (unpaired) electrons. The van der Waals surface area contributed by atoms with Gasteiger partial charge in [0.15, 0.2) is 5.78 Å². The van der Waals surface area contributed by atoms with Gasteiger partial charge in [0.05, 0.1) is 23.7 Å². The number of carbonyl (C=O) groups excluding carboxylic acids is 3. The van der Waals surface area contributed by atoms with Gasteiger partial charge in [-0.3, -0.25) is 19.7 Å². The third-order valence-electron chi connectivity index (χ3n) is 6.26. The van der Waals surface area contributed by atoms with E-state index in [1.807, 2.05) is 6.92 Å². The first kappa shape index (κ1) is 24.2. The molecule has 0 saturated heterocycles. The minimum absolute atomic E-state index is 0.165. The molecule has 1 aromatic carbocycles. The first-order valence-corrected chi connectivity index (χ1v) is 10.9. The number of nitro benzene ring substituents is 1. The molecular weight excluding hydrogens is 428 g/mol. The van der Waals surface area contributed by atoms with Crippen LogP contribution in [0.25, 0.3) is 0 Å². The Morgan fingerprint density at radius 1 is 1.33 bits per heavy atom. The van der Waals surface area contributed by atoms with E-state index in [0.29, 0.717) is 29.8 Å². The normalized spacial score (nSPS) is 23.4. The number of nitro groups is 1. The number of rotatable bonds is 6. The summed E-state index contributed by atoms with van der Waals surface area (Å²) < 4.78 is 10.4. The second-order valence-corrected chi connectivity index (χ2v) is 8.51. The molecule has 9 nitrogen and oxygen atoms in total. The lowest BCUT2D eigenvalue weighted by Crippen LogP contribution is -2.43. The summed E-state index contributed by atoms with van der Waals surface area (Å²) in [4.78, 5) is 50.2. The summed E-state index contributed by atoms with van der Waals surface area (Å²) in [7, 11) is 1.22. The van der Waals surface area contributed by atoms with Crippen molar-refractivity contribution >= 4 is 23.4 Å². The Bertz CT molecular complexity index is 1070. The van der Waals surface area contributed by atoms with Crippen LogP contribution >= 0.6 is 0 Å². The van der Waals surface area contributed by atoms with Crippen molar-refractivity contribution in [3.8, 4) is 0 Å². The van der Waals surface area contributed by atoms with Crippen LogP contribution in [0.1, 0.15) is 52.0 Å². The Morgan fingerprint density at radius 3 is 2.64 bits per heavy atom. The maximum atomic E-state index is 13.6. The Kier molecular flexibility index (Phi) is 7.00. The standard InChI is InChI=1S/C24H28N2O7/c1-6-13(3)33-24(29)19-14(4)25-17-10-12(2)18(23(28)32-5)22(27)21(17)20(19)15-8-7-9-16(11-15)26(30)31/h7-9,11-13,18,20,25H,6,10H2,1-5H3/t12-,13-,18+,20-/m0/s1. The second-order valence-electron chi connectivity index (χ2n) is 8.51. The van der Waals surface area contributed by atoms with E-state index >= 15 is 0 Å². The van der Waals surface area contributed by atoms with Crippen LogP contribution in [0.2, 0.25) is 0 Å².